The highest BCUT2D eigenvalue weighted by molar-refractivity contribution is 7.89. The van der Waals surface area contributed by atoms with Gasteiger partial charge in [0.05, 0.1) is 20.0 Å². The summed E-state index contributed by atoms with van der Waals surface area (Å²) in [7, 11) is -3.70. The fraction of sp³-hybridized carbons (Fsp3) is 0.364. The second-order valence-corrected chi connectivity index (χ2v) is 11.5. The Balaban J connectivity index is 1.90. The number of nitrogens with zero attached hydrogens (tertiary/aromatic N) is 3. The van der Waals surface area contributed by atoms with Crippen molar-refractivity contribution in [3.63, 3.8) is 0 Å². The molecule has 176 valence electrons. The molecule has 9 nitrogen and oxygen atoms in total. The molecule has 0 spiro atoms. The fourth-order valence-electron chi connectivity index (χ4n) is 3.34. The van der Waals surface area contributed by atoms with E-state index in [1.54, 1.807) is 12.1 Å². The quantitative estimate of drug-likeness (QED) is 0.341. The SMILES string of the molecule is CC(C)CN(CC(C)C)S(=O)(=O)c1ccc2nc(NC(=O)c3ccccc3[N+](=O)[O-])sc2c1. The number of sulfonamides is 1. The number of nitro groups is 1. The highest BCUT2D eigenvalue weighted by atomic mass is 32.2. The zero-order valence-electron chi connectivity index (χ0n) is 18.8. The van der Waals surface area contributed by atoms with Gasteiger partial charge in [0.15, 0.2) is 5.13 Å². The summed E-state index contributed by atoms with van der Waals surface area (Å²) in [6, 6.07) is 10.3. The van der Waals surface area contributed by atoms with Crippen molar-refractivity contribution in [1.29, 1.82) is 0 Å². The van der Waals surface area contributed by atoms with E-state index in [9.17, 15) is 23.3 Å². The molecule has 0 aliphatic rings. The van der Waals surface area contributed by atoms with Gasteiger partial charge >= 0.3 is 0 Å². The monoisotopic (exact) mass is 490 g/mol. The lowest BCUT2D eigenvalue weighted by molar-refractivity contribution is -0.385. The molecule has 1 amide bonds. The van der Waals surface area contributed by atoms with Crippen LogP contribution < -0.4 is 5.32 Å². The number of aromatic nitrogens is 1. The fourth-order valence-corrected chi connectivity index (χ4v) is 6.11. The summed E-state index contributed by atoms with van der Waals surface area (Å²) in [5.74, 6) is -0.307. The third-order valence-electron chi connectivity index (χ3n) is 4.70. The summed E-state index contributed by atoms with van der Waals surface area (Å²) in [5, 5.41) is 14.0. The van der Waals surface area contributed by atoms with Crippen LogP contribution in [0.15, 0.2) is 47.4 Å². The number of thiazole rings is 1. The predicted octanol–water partition coefficient (Wildman–Crippen LogP) is 4.76. The van der Waals surface area contributed by atoms with Crippen LogP contribution >= 0.6 is 11.3 Å². The number of nitrogens with one attached hydrogen (secondary N) is 1. The molecular formula is C22H26N4O5S2. The van der Waals surface area contributed by atoms with Crippen LogP contribution in [0.1, 0.15) is 38.1 Å². The molecule has 0 radical (unpaired) electrons. The third kappa shape index (κ3) is 5.73. The van der Waals surface area contributed by atoms with Crippen molar-refractivity contribution in [2.75, 3.05) is 18.4 Å². The Morgan fingerprint density at radius 3 is 2.36 bits per heavy atom. The van der Waals surface area contributed by atoms with Gasteiger partial charge in [-0.15, -0.1) is 0 Å². The summed E-state index contributed by atoms with van der Waals surface area (Å²) in [5.41, 5.74) is 0.138. The zero-order valence-corrected chi connectivity index (χ0v) is 20.4. The van der Waals surface area contributed by atoms with Gasteiger partial charge in [0.25, 0.3) is 11.6 Å². The van der Waals surface area contributed by atoms with E-state index in [0.29, 0.717) is 23.3 Å². The van der Waals surface area contributed by atoms with Gasteiger partial charge in [0.2, 0.25) is 10.0 Å². The Kier molecular flexibility index (Phi) is 7.45. The van der Waals surface area contributed by atoms with Gasteiger partial charge in [-0.2, -0.15) is 4.31 Å². The molecule has 2 aromatic carbocycles. The van der Waals surface area contributed by atoms with Crippen LogP contribution in [0, 0.1) is 22.0 Å². The average molecular weight is 491 g/mol. The van der Waals surface area contributed by atoms with E-state index in [1.807, 2.05) is 27.7 Å². The van der Waals surface area contributed by atoms with Gasteiger partial charge in [0.1, 0.15) is 5.56 Å². The lowest BCUT2D eigenvalue weighted by Crippen LogP contribution is -2.37. The molecule has 11 heteroatoms. The molecule has 0 aliphatic heterocycles. The highest BCUT2D eigenvalue weighted by Gasteiger charge is 2.27. The molecule has 0 saturated carbocycles. The van der Waals surface area contributed by atoms with Crippen LogP contribution in [0.5, 0.6) is 0 Å². The van der Waals surface area contributed by atoms with Crippen LogP contribution in [-0.4, -0.2) is 41.6 Å². The van der Waals surface area contributed by atoms with E-state index in [0.717, 1.165) is 11.3 Å². The van der Waals surface area contributed by atoms with Crippen LogP contribution in [0.25, 0.3) is 10.2 Å². The first-order valence-electron chi connectivity index (χ1n) is 10.4. The lowest BCUT2D eigenvalue weighted by atomic mass is 10.1. The topological polar surface area (TPSA) is 123 Å². The minimum absolute atomic E-state index is 0.0805. The molecule has 1 heterocycles. The molecule has 3 aromatic rings. The molecule has 33 heavy (non-hydrogen) atoms. The third-order valence-corrected chi connectivity index (χ3v) is 7.46. The number of hydrogen-bond acceptors (Lipinski definition) is 7. The van der Waals surface area contributed by atoms with Crippen molar-refractivity contribution < 1.29 is 18.1 Å². The smallest absolute Gasteiger partial charge is 0.282 e. The van der Waals surface area contributed by atoms with Crippen LogP contribution in [0.4, 0.5) is 10.8 Å². The molecule has 1 aromatic heterocycles. The van der Waals surface area contributed by atoms with Gasteiger partial charge in [-0.05, 0) is 36.1 Å². The Morgan fingerprint density at radius 1 is 1.12 bits per heavy atom. The van der Waals surface area contributed by atoms with Gasteiger partial charge in [0, 0.05) is 19.2 Å². The van der Waals surface area contributed by atoms with E-state index in [4.69, 9.17) is 0 Å². The largest absolute Gasteiger partial charge is 0.298 e. The molecule has 0 bridgehead atoms. The van der Waals surface area contributed by atoms with E-state index >= 15 is 0 Å². The second-order valence-electron chi connectivity index (χ2n) is 8.49. The van der Waals surface area contributed by atoms with Crippen molar-refractivity contribution in [2.24, 2.45) is 11.8 Å². The van der Waals surface area contributed by atoms with Crippen molar-refractivity contribution in [3.8, 4) is 0 Å². The summed E-state index contributed by atoms with van der Waals surface area (Å²) in [6.45, 7) is 8.72. The van der Waals surface area contributed by atoms with Gasteiger partial charge < -0.3 is 0 Å². The maximum Gasteiger partial charge on any atom is 0.282 e. The van der Waals surface area contributed by atoms with Crippen molar-refractivity contribution in [1.82, 2.24) is 9.29 Å². The number of benzene rings is 2. The van der Waals surface area contributed by atoms with Gasteiger partial charge in [-0.3, -0.25) is 20.2 Å². The minimum atomic E-state index is -3.70. The zero-order chi connectivity index (χ0) is 24.3. The molecule has 0 atom stereocenters. The molecule has 0 unspecified atom stereocenters. The van der Waals surface area contributed by atoms with Gasteiger partial charge in [-0.1, -0.05) is 51.2 Å². The number of nitro benzene ring substituents is 1. The minimum Gasteiger partial charge on any atom is -0.298 e. The maximum atomic E-state index is 13.3. The van der Waals surface area contributed by atoms with Crippen LogP contribution in [0.3, 0.4) is 0 Å². The van der Waals surface area contributed by atoms with Gasteiger partial charge in [-0.25, -0.2) is 13.4 Å². The number of anilines is 1. The van der Waals surface area contributed by atoms with Crippen LogP contribution in [0.2, 0.25) is 0 Å². The predicted molar refractivity (Wildman–Crippen MR) is 129 cm³/mol. The number of amides is 1. The Labute approximate surface area is 196 Å². The number of para-hydroxylation sites is 1. The van der Waals surface area contributed by atoms with E-state index < -0.39 is 20.9 Å². The molecule has 3 rings (SSSR count). The first-order chi connectivity index (χ1) is 15.5. The summed E-state index contributed by atoms with van der Waals surface area (Å²) < 4.78 is 28.7. The summed E-state index contributed by atoms with van der Waals surface area (Å²) in [4.78, 5) is 27.6. The van der Waals surface area contributed by atoms with Crippen LogP contribution in [-0.2, 0) is 10.0 Å². The Bertz CT molecular complexity index is 1270. The molecule has 0 fully saturated rings. The average Bonchev–Trinajstić information content (AvgIpc) is 3.13. The Hall–Kier alpha value is -2.89. The number of carbonyl (C=O) groups excluding carboxylic acids is 1. The molecule has 1 N–H and O–H groups in total. The molecule has 0 saturated heterocycles. The molecular weight excluding hydrogens is 464 g/mol. The van der Waals surface area contributed by atoms with Crippen molar-refractivity contribution >= 4 is 48.3 Å². The Morgan fingerprint density at radius 2 is 1.76 bits per heavy atom. The van der Waals surface area contributed by atoms with E-state index in [2.05, 4.69) is 10.3 Å². The standard InChI is InChI=1S/C22H26N4O5S2/c1-14(2)12-25(13-15(3)4)33(30,31)16-9-10-18-20(11-16)32-22(23-18)24-21(27)17-7-5-6-8-19(17)26(28)29/h5-11,14-15H,12-13H2,1-4H3,(H,23,24,27). The summed E-state index contributed by atoms with van der Waals surface area (Å²) in [6.07, 6.45) is 0. The van der Waals surface area contributed by atoms with Crippen molar-refractivity contribution in [2.45, 2.75) is 32.6 Å². The first-order valence-corrected chi connectivity index (χ1v) is 12.7. The number of carbonyl (C=O) groups is 1. The number of rotatable bonds is 9. The number of hydrogen-bond donors (Lipinski definition) is 1. The van der Waals surface area contributed by atoms with Crippen molar-refractivity contribution in [3.05, 3.63) is 58.1 Å². The van der Waals surface area contributed by atoms with E-state index in [1.165, 1.54) is 34.6 Å². The normalized spacial score (nSPS) is 12.1. The molecule has 0 aliphatic carbocycles. The number of fused-ring (bicyclic) bond motifs is 1. The second kappa shape index (κ2) is 9.94. The maximum absolute atomic E-state index is 13.3. The van der Waals surface area contributed by atoms with E-state index in [-0.39, 0.29) is 33.1 Å². The summed E-state index contributed by atoms with van der Waals surface area (Å²) >= 11 is 1.11. The highest BCUT2D eigenvalue weighted by Crippen LogP contribution is 2.30. The lowest BCUT2D eigenvalue weighted by Gasteiger charge is -2.25. The first kappa shape index (κ1) is 24.7.